The molecule has 4 heteroatoms. The van der Waals surface area contributed by atoms with Gasteiger partial charge in [0.15, 0.2) is 0 Å². The van der Waals surface area contributed by atoms with Crippen molar-refractivity contribution in [1.29, 1.82) is 0 Å². The van der Waals surface area contributed by atoms with Crippen LogP contribution in [0.4, 0.5) is 0 Å². The van der Waals surface area contributed by atoms with Crippen LogP contribution in [0, 0.1) is 6.92 Å². The molecule has 1 heterocycles. The molecule has 1 rings (SSSR count). The lowest BCUT2D eigenvalue weighted by molar-refractivity contribution is 0.390. The summed E-state index contributed by atoms with van der Waals surface area (Å²) >= 11 is 5.67. The second-order valence-electron chi connectivity index (χ2n) is 2.34. The lowest BCUT2D eigenvalue weighted by atomic mass is 10.2. The van der Waals surface area contributed by atoms with Gasteiger partial charge in [-0.15, -0.1) is 11.6 Å². The SMILES string of the molecule is Cc1onc(CCN)c1CCl. The van der Waals surface area contributed by atoms with Crippen molar-refractivity contribution in [3.05, 3.63) is 17.0 Å². The molecule has 0 aliphatic rings. The van der Waals surface area contributed by atoms with E-state index in [1.54, 1.807) is 0 Å². The lowest BCUT2D eigenvalue weighted by Gasteiger charge is -1.93. The summed E-state index contributed by atoms with van der Waals surface area (Å²) in [5, 5.41) is 3.84. The van der Waals surface area contributed by atoms with Crippen molar-refractivity contribution in [3.8, 4) is 0 Å². The Bertz CT molecular complexity index is 234. The highest BCUT2D eigenvalue weighted by atomic mass is 35.5. The molecule has 11 heavy (non-hydrogen) atoms. The minimum atomic E-state index is 0.449. The van der Waals surface area contributed by atoms with E-state index in [1.807, 2.05) is 6.92 Å². The Hall–Kier alpha value is -0.540. The zero-order valence-electron chi connectivity index (χ0n) is 6.43. The number of hydrogen-bond acceptors (Lipinski definition) is 3. The minimum Gasteiger partial charge on any atom is -0.361 e. The molecule has 2 N–H and O–H groups in total. The van der Waals surface area contributed by atoms with E-state index in [0.29, 0.717) is 12.4 Å². The van der Waals surface area contributed by atoms with Crippen molar-refractivity contribution in [2.45, 2.75) is 19.2 Å². The Morgan fingerprint density at radius 3 is 2.91 bits per heavy atom. The molecule has 62 valence electrons. The molecule has 0 radical (unpaired) electrons. The summed E-state index contributed by atoms with van der Waals surface area (Å²) in [5.41, 5.74) is 7.24. The van der Waals surface area contributed by atoms with Gasteiger partial charge in [0.25, 0.3) is 0 Å². The Balaban J connectivity index is 2.86. The molecule has 1 aromatic rings. The van der Waals surface area contributed by atoms with Crippen LogP contribution in [0.3, 0.4) is 0 Å². The van der Waals surface area contributed by atoms with Crippen molar-refractivity contribution < 1.29 is 4.52 Å². The van der Waals surface area contributed by atoms with Gasteiger partial charge in [-0.3, -0.25) is 0 Å². The Morgan fingerprint density at radius 1 is 1.64 bits per heavy atom. The molecule has 1 aromatic heterocycles. The van der Waals surface area contributed by atoms with Crippen LogP contribution in [-0.4, -0.2) is 11.7 Å². The zero-order chi connectivity index (χ0) is 8.27. The maximum Gasteiger partial charge on any atom is 0.138 e. The summed E-state index contributed by atoms with van der Waals surface area (Å²) < 4.78 is 4.95. The van der Waals surface area contributed by atoms with E-state index >= 15 is 0 Å². The predicted octanol–water partition coefficient (Wildman–Crippen LogP) is 1.22. The Labute approximate surface area is 70.5 Å². The van der Waals surface area contributed by atoms with Crippen LogP contribution < -0.4 is 5.73 Å². The van der Waals surface area contributed by atoms with Gasteiger partial charge < -0.3 is 10.3 Å². The molecule has 0 saturated heterocycles. The molecule has 0 aromatic carbocycles. The highest BCUT2D eigenvalue weighted by molar-refractivity contribution is 6.17. The van der Waals surface area contributed by atoms with Gasteiger partial charge in [0.1, 0.15) is 5.76 Å². The van der Waals surface area contributed by atoms with E-state index in [1.165, 1.54) is 0 Å². The molecule has 0 bridgehead atoms. The van der Waals surface area contributed by atoms with Gasteiger partial charge in [-0.05, 0) is 13.5 Å². The number of halogens is 1. The third kappa shape index (κ3) is 1.73. The number of aryl methyl sites for hydroxylation is 1. The van der Waals surface area contributed by atoms with Crippen LogP contribution in [-0.2, 0) is 12.3 Å². The van der Waals surface area contributed by atoms with Crippen molar-refractivity contribution in [2.75, 3.05) is 6.54 Å². The topological polar surface area (TPSA) is 52.0 Å². The average molecular weight is 175 g/mol. The monoisotopic (exact) mass is 174 g/mol. The van der Waals surface area contributed by atoms with Crippen molar-refractivity contribution in [2.24, 2.45) is 5.73 Å². The fraction of sp³-hybridized carbons (Fsp3) is 0.571. The highest BCUT2D eigenvalue weighted by Crippen LogP contribution is 2.15. The van der Waals surface area contributed by atoms with Crippen molar-refractivity contribution >= 4 is 11.6 Å². The summed E-state index contributed by atoms with van der Waals surface area (Å²) in [6.45, 7) is 2.43. The van der Waals surface area contributed by atoms with Crippen LogP contribution in [0.1, 0.15) is 17.0 Å². The van der Waals surface area contributed by atoms with Gasteiger partial charge in [-0.25, -0.2) is 0 Å². The van der Waals surface area contributed by atoms with Gasteiger partial charge >= 0.3 is 0 Å². The first-order valence-corrected chi connectivity index (χ1v) is 4.03. The van der Waals surface area contributed by atoms with E-state index < -0.39 is 0 Å². The molecule has 0 atom stereocenters. The third-order valence-corrected chi connectivity index (χ3v) is 1.85. The molecular formula is C7H11ClN2O. The fourth-order valence-corrected chi connectivity index (χ4v) is 1.28. The van der Waals surface area contributed by atoms with Gasteiger partial charge in [-0.1, -0.05) is 5.16 Å². The first-order valence-electron chi connectivity index (χ1n) is 3.49. The second-order valence-corrected chi connectivity index (χ2v) is 2.60. The van der Waals surface area contributed by atoms with Gasteiger partial charge in [0, 0.05) is 12.0 Å². The van der Waals surface area contributed by atoms with Crippen molar-refractivity contribution in [1.82, 2.24) is 5.16 Å². The molecule has 0 aliphatic carbocycles. The fourth-order valence-electron chi connectivity index (χ4n) is 0.941. The number of alkyl halides is 1. The Kier molecular flexibility index (Phi) is 2.91. The first-order chi connectivity index (χ1) is 5.29. The molecule has 0 aliphatic heterocycles. The van der Waals surface area contributed by atoms with Gasteiger partial charge in [0.05, 0.1) is 11.6 Å². The van der Waals surface area contributed by atoms with Gasteiger partial charge in [-0.2, -0.15) is 0 Å². The number of rotatable bonds is 3. The molecule has 0 spiro atoms. The third-order valence-electron chi connectivity index (χ3n) is 1.58. The molecule has 0 fully saturated rings. The van der Waals surface area contributed by atoms with Crippen molar-refractivity contribution in [3.63, 3.8) is 0 Å². The summed E-state index contributed by atoms with van der Waals surface area (Å²) in [6, 6.07) is 0. The molecule has 3 nitrogen and oxygen atoms in total. The highest BCUT2D eigenvalue weighted by Gasteiger charge is 2.09. The Morgan fingerprint density at radius 2 is 2.36 bits per heavy atom. The standard InChI is InChI=1S/C7H11ClN2O/c1-5-6(4-8)7(2-3-9)10-11-5/h2-4,9H2,1H3. The number of aromatic nitrogens is 1. The average Bonchev–Trinajstić information content (AvgIpc) is 2.33. The largest absolute Gasteiger partial charge is 0.361 e. The maximum atomic E-state index is 5.67. The van der Waals surface area contributed by atoms with Gasteiger partial charge in [0.2, 0.25) is 0 Å². The van der Waals surface area contributed by atoms with Crippen LogP contribution in [0.5, 0.6) is 0 Å². The van der Waals surface area contributed by atoms with Crippen LogP contribution >= 0.6 is 11.6 Å². The van der Waals surface area contributed by atoms with E-state index in [0.717, 1.165) is 23.4 Å². The van der Waals surface area contributed by atoms with E-state index in [9.17, 15) is 0 Å². The van der Waals surface area contributed by atoms with Crippen LogP contribution in [0.25, 0.3) is 0 Å². The maximum absolute atomic E-state index is 5.67. The molecular weight excluding hydrogens is 164 g/mol. The number of nitrogens with two attached hydrogens (primary N) is 1. The van der Waals surface area contributed by atoms with E-state index in [4.69, 9.17) is 21.9 Å². The molecule has 0 saturated carbocycles. The number of nitrogens with zero attached hydrogens (tertiary/aromatic N) is 1. The quantitative estimate of drug-likeness (QED) is 0.702. The second kappa shape index (κ2) is 3.74. The normalized spacial score (nSPS) is 10.5. The zero-order valence-corrected chi connectivity index (χ0v) is 7.19. The van der Waals surface area contributed by atoms with Crippen LogP contribution in [0.15, 0.2) is 4.52 Å². The summed E-state index contributed by atoms with van der Waals surface area (Å²) in [6.07, 6.45) is 0.736. The predicted molar refractivity (Wildman–Crippen MR) is 43.6 cm³/mol. The molecule has 0 amide bonds. The lowest BCUT2D eigenvalue weighted by Crippen LogP contribution is -2.04. The van der Waals surface area contributed by atoms with E-state index in [-0.39, 0.29) is 0 Å². The summed E-state index contributed by atoms with van der Waals surface area (Å²) in [5.74, 6) is 1.24. The van der Waals surface area contributed by atoms with E-state index in [2.05, 4.69) is 5.16 Å². The first kappa shape index (κ1) is 8.56. The molecule has 0 unspecified atom stereocenters. The summed E-state index contributed by atoms with van der Waals surface area (Å²) in [4.78, 5) is 0. The minimum absolute atomic E-state index is 0.449. The van der Waals surface area contributed by atoms with Crippen LogP contribution in [0.2, 0.25) is 0 Å². The summed E-state index contributed by atoms with van der Waals surface area (Å²) in [7, 11) is 0. The smallest absolute Gasteiger partial charge is 0.138 e. The number of hydrogen-bond donors (Lipinski definition) is 1.